The van der Waals surface area contributed by atoms with Crippen LogP contribution in [0, 0.1) is 0 Å². The minimum atomic E-state index is -0.0744. The van der Waals surface area contributed by atoms with Crippen molar-refractivity contribution >= 4 is 40.6 Å². The molecule has 0 aliphatic rings. The van der Waals surface area contributed by atoms with Crippen molar-refractivity contribution < 1.29 is 9.21 Å². The van der Waals surface area contributed by atoms with E-state index in [2.05, 4.69) is 26.5 Å². The molecule has 1 amide bonds. The average Bonchev–Trinajstić information content (AvgIpc) is 3.33. The highest BCUT2D eigenvalue weighted by molar-refractivity contribution is 7.99. The normalized spacial score (nSPS) is 12.3. The molecule has 0 bridgehead atoms. The van der Waals surface area contributed by atoms with E-state index in [1.54, 1.807) is 23.5 Å². The van der Waals surface area contributed by atoms with Gasteiger partial charge in [0.25, 0.3) is 5.22 Å². The standard InChI is InChI=1S/C18H19ClN4O2S2/c1-23(2)14(15-4-3-9-26-15)10-20-16(24)11-27-18-22-21-17(25-18)12-5-7-13(19)8-6-12/h3-9,14H,10-11H2,1-2H3,(H,20,24). The van der Waals surface area contributed by atoms with Crippen LogP contribution in [0.15, 0.2) is 51.4 Å². The first kappa shape index (κ1) is 19.9. The van der Waals surface area contributed by atoms with Crippen molar-refractivity contribution in [2.24, 2.45) is 0 Å². The fourth-order valence-electron chi connectivity index (χ4n) is 2.38. The van der Waals surface area contributed by atoms with Crippen LogP contribution in [0.25, 0.3) is 11.5 Å². The zero-order chi connectivity index (χ0) is 19.2. The van der Waals surface area contributed by atoms with E-state index in [4.69, 9.17) is 16.0 Å². The molecule has 0 saturated carbocycles. The van der Waals surface area contributed by atoms with E-state index in [0.29, 0.717) is 22.7 Å². The second-order valence-electron chi connectivity index (χ2n) is 5.97. The van der Waals surface area contributed by atoms with E-state index in [1.807, 2.05) is 37.7 Å². The van der Waals surface area contributed by atoms with E-state index in [1.165, 1.54) is 16.6 Å². The summed E-state index contributed by atoms with van der Waals surface area (Å²) < 4.78 is 5.59. The van der Waals surface area contributed by atoms with Crippen LogP contribution in [0.4, 0.5) is 0 Å². The zero-order valence-corrected chi connectivity index (χ0v) is 17.3. The Morgan fingerprint density at radius 1 is 1.30 bits per heavy atom. The highest BCUT2D eigenvalue weighted by atomic mass is 35.5. The van der Waals surface area contributed by atoms with Crippen LogP contribution >= 0.6 is 34.7 Å². The molecule has 1 atom stereocenters. The van der Waals surface area contributed by atoms with Gasteiger partial charge in [-0.3, -0.25) is 4.79 Å². The van der Waals surface area contributed by atoms with Gasteiger partial charge in [0, 0.05) is 22.0 Å². The Morgan fingerprint density at radius 3 is 2.74 bits per heavy atom. The molecule has 3 rings (SSSR count). The summed E-state index contributed by atoms with van der Waals surface area (Å²) in [5.41, 5.74) is 0.785. The molecule has 142 valence electrons. The summed E-state index contributed by atoms with van der Waals surface area (Å²) in [5, 5.41) is 14.0. The highest BCUT2D eigenvalue weighted by Gasteiger charge is 2.17. The molecule has 0 spiro atoms. The molecule has 0 aliphatic heterocycles. The number of hydrogen-bond donors (Lipinski definition) is 1. The molecule has 27 heavy (non-hydrogen) atoms. The van der Waals surface area contributed by atoms with Gasteiger partial charge in [-0.2, -0.15) is 0 Å². The molecular formula is C18H19ClN4O2S2. The fraction of sp³-hybridized carbons (Fsp3) is 0.278. The lowest BCUT2D eigenvalue weighted by atomic mass is 10.2. The molecule has 2 aromatic heterocycles. The number of amides is 1. The van der Waals surface area contributed by atoms with Gasteiger partial charge in [0.1, 0.15) is 0 Å². The molecule has 0 saturated heterocycles. The fourth-order valence-corrected chi connectivity index (χ4v) is 4.03. The van der Waals surface area contributed by atoms with Crippen LogP contribution in [0.1, 0.15) is 10.9 Å². The number of nitrogens with one attached hydrogen (secondary N) is 1. The number of carbonyl (C=O) groups excluding carboxylic acids is 1. The Hall–Kier alpha value is -1.87. The number of likely N-dealkylation sites (N-methyl/N-ethyl adjacent to an activating group) is 1. The molecule has 3 aromatic rings. The van der Waals surface area contributed by atoms with Gasteiger partial charge in [0.05, 0.1) is 11.8 Å². The van der Waals surface area contributed by atoms with Crippen molar-refractivity contribution in [1.29, 1.82) is 0 Å². The third kappa shape index (κ3) is 5.55. The highest BCUT2D eigenvalue weighted by Crippen LogP contribution is 2.25. The number of carbonyl (C=O) groups is 1. The summed E-state index contributed by atoms with van der Waals surface area (Å²) in [7, 11) is 4.00. The minimum absolute atomic E-state index is 0.0744. The van der Waals surface area contributed by atoms with Crippen LogP contribution in [-0.2, 0) is 4.79 Å². The maximum absolute atomic E-state index is 12.2. The largest absolute Gasteiger partial charge is 0.411 e. The molecule has 0 radical (unpaired) electrons. The van der Waals surface area contributed by atoms with Gasteiger partial charge in [-0.1, -0.05) is 29.4 Å². The number of aromatic nitrogens is 2. The molecule has 2 heterocycles. The maximum atomic E-state index is 12.2. The van der Waals surface area contributed by atoms with Gasteiger partial charge in [0.2, 0.25) is 11.8 Å². The molecule has 0 fully saturated rings. The summed E-state index contributed by atoms with van der Waals surface area (Å²) in [6.07, 6.45) is 0. The number of rotatable bonds is 8. The average molecular weight is 423 g/mol. The van der Waals surface area contributed by atoms with Gasteiger partial charge in [-0.05, 0) is 49.8 Å². The lowest BCUT2D eigenvalue weighted by Gasteiger charge is -2.23. The molecule has 9 heteroatoms. The zero-order valence-electron chi connectivity index (χ0n) is 14.9. The van der Waals surface area contributed by atoms with Gasteiger partial charge >= 0.3 is 0 Å². The van der Waals surface area contributed by atoms with Crippen LogP contribution in [0.3, 0.4) is 0 Å². The van der Waals surface area contributed by atoms with E-state index in [-0.39, 0.29) is 17.7 Å². The number of benzene rings is 1. The maximum Gasteiger partial charge on any atom is 0.277 e. The van der Waals surface area contributed by atoms with E-state index in [9.17, 15) is 4.79 Å². The van der Waals surface area contributed by atoms with Crippen LogP contribution in [-0.4, -0.2) is 47.4 Å². The first-order valence-corrected chi connectivity index (χ1v) is 10.5. The van der Waals surface area contributed by atoms with Crippen molar-refractivity contribution in [3.8, 4) is 11.5 Å². The Morgan fingerprint density at radius 2 is 2.07 bits per heavy atom. The topological polar surface area (TPSA) is 71.3 Å². The lowest BCUT2D eigenvalue weighted by Crippen LogP contribution is -2.35. The van der Waals surface area contributed by atoms with Crippen LogP contribution in [0.5, 0.6) is 0 Å². The quantitative estimate of drug-likeness (QED) is 0.554. The number of hydrogen-bond acceptors (Lipinski definition) is 7. The monoisotopic (exact) mass is 422 g/mol. The predicted molar refractivity (Wildman–Crippen MR) is 109 cm³/mol. The first-order valence-electron chi connectivity index (χ1n) is 8.21. The third-order valence-electron chi connectivity index (χ3n) is 3.81. The van der Waals surface area contributed by atoms with E-state index < -0.39 is 0 Å². The third-order valence-corrected chi connectivity index (χ3v) is 5.86. The van der Waals surface area contributed by atoms with Crippen LogP contribution in [0.2, 0.25) is 5.02 Å². The van der Waals surface area contributed by atoms with Gasteiger partial charge < -0.3 is 14.6 Å². The summed E-state index contributed by atoms with van der Waals surface area (Å²) in [4.78, 5) is 15.5. The predicted octanol–water partition coefficient (Wildman–Crippen LogP) is 3.96. The summed E-state index contributed by atoms with van der Waals surface area (Å²) in [5.74, 6) is 0.543. The Bertz CT molecular complexity index is 866. The van der Waals surface area contributed by atoms with E-state index in [0.717, 1.165) is 5.56 Å². The van der Waals surface area contributed by atoms with Crippen LogP contribution < -0.4 is 5.32 Å². The smallest absolute Gasteiger partial charge is 0.277 e. The van der Waals surface area contributed by atoms with Gasteiger partial charge in [-0.15, -0.1) is 21.5 Å². The van der Waals surface area contributed by atoms with Gasteiger partial charge in [-0.25, -0.2) is 0 Å². The SMILES string of the molecule is CN(C)C(CNC(=O)CSc1nnc(-c2ccc(Cl)cc2)o1)c1cccs1. The summed E-state index contributed by atoms with van der Waals surface area (Å²) in [6, 6.07) is 11.4. The minimum Gasteiger partial charge on any atom is -0.411 e. The number of thiophene rings is 1. The van der Waals surface area contributed by atoms with Crippen molar-refractivity contribution in [2.45, 2.75) is 11.3 Å². The Kier molecular flexibility index (Phi) is 6.89. The second-order valence-corrected chi connectivity index (χ2v) is 8.31. The second kappa shape index (κ2) is 9.36. The van der Waals surface area contributed by atoms with Crippen molar-refractivity contribution in [3.63, 3.8) is 0 Å². The lowest BCUT2D eigenvalue weighted by molar-refractivity contribution is -0.118. The molecule has 0 aliphatic carbocycles. The van der Waals surface area contributed by atoms with Crippen molar-refractivity contribution in [2.75, 3.05) is 26.4 Å². The number of nitrogens with zero attached hydrogens (tertiary/aromatic N) is 3. The number of halogens is 1. The first-order chi connectivity index (χ1) is 13.0. The Labute approximate surface area is 170 Å². The Balaban J connectivity index is 1.50. The van der Waals surface area contributed by atoms with E-state index >= 15 is 0 Å². The molecule has 1 unspecified atom stereocenters. The molecule has 1 aromatic carbocycles. The molecule has 6 nitrogen and oxygen atoms in total. The van der Waals surface area contributed by atoms with Gasteiger partial charge in [0.15, 0.2) is 0 Å². The van der Waals surface area contributed by atoms with Crippen molar-refractivity contribution in [3.05, 3.63) is 51.7 Å². The molecule has 1 N–H and O–H groups in total. The number of thioether (sulfide) groups is 1. The van der Waals surface area contributed by atoms with Crippen molar-refractivity contribution in [1.82, 2.24) is 20.4 Å². The summed E-state index contributed by atoms with van der Waals surface area (Å²) in [6.45, 7) is 0.548. The molecular weight excluding hydrogens is 404 g/mol. The summed E-state index contributed by atoms with van der Waals surface area (Å²) >= 11 is 8.77.